The van der Waals surface area contributed by atoms with E-state index in [1.807, 2.05) is 12.1 Å². The SMILES string of the molecule is CCN(CC)C(=N)c1ccc2c(c1)Oc1ccccc1N2C1CCN(C(C)c2ccccc2)CC1. The summed E-state index contributed by atoms with van der Waals surface area (Å²) in [4.78, 5) is 7.16. The Morgan fingerprint density at radius 2 is 1.57 bits per heavy atom. The van der Waals surface area contributed by atoms with Gasteiger partial charge in [0.25, 0.3) is 0 Å². The van der Waals surface area contributed by atoms with Gasteiger partial charge in [0.05, 0.1) is 11.4 Å². The number of nitrogens with zero attached hydrogens (tertiary/aromatic N) is 3. The molecule has 35 heavy (non-hydrogen) atoms. The number of nitrogens with one attached hydrogen (secondary N) is 1. The Balaban J connectivity index is 1.40. The van der Waals surface area contributed by atoms with E-state index in [0.717, 1.165) is 67.5 Å². The number of fused-ring (bicyclic) bond motifs is 2. The van der Waals surface area contributed by atoms with Crippen molar-refractivity contribution in [2.45, 2.75) is 45.7 Å². The van der Waals surface area contributed by atoms with Crippen molar-refractivity contribution in [3.05, 3.63) is 83.9 Å². The fraction of sp³-hybridized carbons (Fsp3) is 0.367. The van der Waals surface area contributed by atoms with Crippen molar-refractivity contribution >= 4 is 17.2 Å². The number of para-hydroxylation sites is 2. The van der Waals surface area contributed by atoms with Crippen LogP contribution in [0, 0.1) is 5.41 Å². The largest absolute Gasteiger partial charge is 0.453 e. The van der Waals surface area contributed by atoms with Crippen molar-refractivity contribution in [2.24, 2.45) is 0 Å². The average molecular weight is 469 g/mol. The van der Waals surface area contributed by atoms with Crippen LogP contribution in [0.4, 0.5) is 11.4 Å². The van der Waals surface area contributed by atoms with Crippen molar-refractivity contribution in [3.8, 4) is 11.5 Å². The first-order valence-corrected chi connectivity index (χ1v) is 12.9. The molecule has 5 rings (SSSR count). The van der Waals surface area contributed by atoms with Crippen LogP contribution in [0.15, 0.2) is 72.8 Å². The number of rotatable bonds is 6. The number of anilines is 2. The van der Waals surface area contributed by atoms with Gasteiger partial charge < -0.3 is 14.5 Å². The van der Waals surface area contributed by atoms with Crippen molar-refractivity contribution < 1.29 is 4.74 Å². The van der Waals surface area contributed by atoms with Crippen LogP contribution < -0.4 is 9.64 Å². The number of ether oxygens (including phenoxy) is 1. The zero-order valence-electron chi connectivity index (χ0n) is 21.1. The number of amidine groups is 1. The fourth-order valence-corrected chi connectivity index (χ4v) is 5.52. The summed E-state index contributed by atoms with van der Waals surface area (Å²) in [5.41, 5.74) is 4.53. The summed E-state index contributed by atoms with van der Waals surface area (Å²) in [7, 11) is 0. The minimum atomic E-state index is 0.408. The molecule has 0 saturated carbocycles. The molecule has 3 aromatic rings. The van der Waals surface area contributed by atoms with E-state index in [0.29, 0.717) is 17.9 Å². The van der Waals surface area contributed by atoms with Crippen LogP contribution in [0.2, 0.25) is 0 Å². The Morgan fingerprint density at radius 1 is 0.914 bits per heavy atom. The first kappa shape index (κ1) is 23.4. The van der Waals surface area contributed by atoms with Crippen molar-refractivity contribution in [1.29, 1.82) is 5.41 Å². The minimum Gasteiger partial charge on any atom is -0.453 e. The third kappa shape index (κ3) is 4.53. The average Bonchev–Trinajstić information content (AvgIpc) is 2.92. The van der Waals surface area contributed by atoms with Crippen LogP contribution in [-0.2, 0) is 0 Å². The maximum atomic E-state index is 8.68. The van der Waals surface area contributed by atoms with E-state index in [-0.39, 0.29) is 0 Å². The van der Waals surface area contributed by atoms with Crippen molar-refractivity contribution in [3.63, 3.8) is 0 Å². The molecule has 0 spiro atoms. The Morgan fingerprint density at radius 3 is 2.29 bits per heavy atom. The van der Waals surface area contributed by atoms with Crippen LogP contribution in [0.1, 0.15) is 50.8 Å². The molecule has 0 aromatic heterocycles. The number of piperidine rings is 1. The maximum Gasteiger partial charge on any atom is 0.151 e. The standard InChI is InChI=1S/C30H36N4O/c1-4-32(5-2)30(31)24-15-16-27-29(21-24)35-28-14-10-9-13-26(28)34(27)25-17-19-33(20-18-25)22(3)23-11-7-6-8-12-23/h6-16,21-22,25,31H,4-5,17-20H2,1-3H3. The number of hydrogen-bond donors (Lipinski definition) is 1. The lowest BCUT2D eigenvalue weighted by Gasteiger charge is -2.44. The maximum absolute atomic E-state index is 8.68. The molecule has 5 heteroatoms. The van der Waals surface area contributed by atoms with Crippen LogP contribution in [0.25, 0.3) is 0 Å². The second kappa shape index (κ2) is 10.1. The molecule has 2 heterocycles. The molecule has 1 atom stereocenters. The van der Waals surface area contributed by atoms with E-state index in [1.165, 1.54) is 5.56 Å². The molecule has 0 amide bonds. The summed E-state index contributed by atoms with van der Waals surface area (Å²) in [6.45, 7) is 10.3. The van der Waals surface area contributed by atoms with Gasteiger partial charge in [0, 0.05) is 43.8 Å². The van der Waals surface area contributed by atoms with Gasteiger partial charge in [0.15, 0.2) is 11.5 Å². The topological polar surface area (TPSA) is 42.8 Å². The monoisotopic (exact) mass is 468 g/mol. The molecule has 1 saturated heterocycles. The van der Waals surface area contributed by atoms with Gasteiger partial charge in [-0.2, -0.15) is 0 Å². The number of hydrogen-bond acceptors (Lipinski definition) is 4. The van der Waals surface area contributed by atoms with Gasteiger partial charge in [-0.1, -0.05) is 42.5 Å². The second-order valence-corrected chi connectivity index (χ2v) is 9.50. The van der Waals surface area contributed by atoms with Crippen LogP contribution >= 0.6 is 0 Å². The summed E-state index contributed by atoms with van der Waals surface area (Å²) < 4.78 is 6.39. The molecule has 3 aromatic carbocycles. The van der Waals surface area contributed by atoms with Gasteiger partial charge in [-0.15, -0.1) is 0 Å². The summed E-state index contributed by atoms with van der Waals surface area (Å²) in [6, 6.07) is 26.3. The normalized spacial score (nSPS) is 16.7. The van der Waals surface area contributed by atoms with Gasteiger partial charge in [-0.05, 0) is 69.5 Å². The van der Waals surface area contributed by atoms with Crippen molar-refractivity contribution in [2.75, 3.05) is 31.1 Å². The van der Waals surface area contributed by atoms with Gasteiger partial charge in [0.1, 0.15) is 5.84 Å². The third-order valence-electron chi connectivity index (χ3n) is 7.61. The molecule has 5 nitrogen and oxygen atoms in total. The molecule has 2 aliphatic rings. The van der Waals surface area contributed by atoms with Crippen LogP contribution in [0.3, 0.4) is 0 Å². The van der Waals surface area contributed by atoms with Crippen LogP contribution in [-0.4, -0.2) is 47.9 Å². The second-order valence-electron chi connectivity index (χ2n) is 9.50. The first-order chi connectivity index (χ1) is 17.1. The van der Waals surface area contributed by atoms with E-state index in [1.54, 1.807) is 0 Å². The molecule has 1 fully saturated rings. The molecular formula is C30H36N4O. The highest BCUT2D eigenvalue weighted by Crippen LogP contribution is 2.49. The first-order valence-electron chi connectivity index (χ1n) is 12.9. The molecule has 0 radical (unpaired) electrons. The molecule has 0 aliphatic carbocycles. The molecule has 1 unspecified atom stereocenters. The van der Waals surface area contributed by atoms with E-state index in [2.05, 4.69) is 96.1 Å². The van der Waals surface area contributed by atoms with E-state index < -0.39 is 0 Å². The Kier molecular flexibility index (Phi) is 6.78. The summed E-state index contributed by atoms with van der Waals surface area (Å²) in [5.74, 6) is 2.29. The van der Waals surface area contributed by atoms with E-state index in [9.17, 15) is 0 Å². The Bertz CT molecular complexity index is 1170. The highest BCUT2D eigenvalue weighted by Gasteiger charge is 2.33. The summed E-state index contributed by atoms with van der Waals surface area (Å²) >= 11 is 0. The van der Waals surface area contributed by atoms with Gasteiger partial charge in [-0.3, -0.25) is 10.3 Å². The van der Waals surface area contributed by atoms with E-state index >= 15 is 0 Å². The fourth-order valence-electron chi connectivity index (χ4n) is 5.52. The number of likely N-dealkylation sites (tertiary alicyclic amines) is 1. The van der Waals surface area contributed by atoms with Gasteiger partial charge >= 0.3 is 0 Å². The van der Waals surface area contributed by atoms with Crippen LogP contribution in [0.5, 0.6) is 11.5 Å². The van der Waals surface area contributed by atoms with E-state index in [4.69, 9.17) is 10.1 Å². The molecule has 182 valence electrons. The highest BCUT2D eigenvalue weighted by molar-refractivity contribution is 5.98. The summed E-state index contributed by atoms with van der Waals surface area (Å²) in [6.07, 6.45) is 2.20. The zero-order valence-corrected chi connectivity index (χ0v) is 21.1. The van der Waals surface area contributed by atoms with Gasteiger partial charge in [0.2, 0.25) is 0 Å². The molecule has 0 bridgehead atoms. The zero-order chi connectivity index (χ0) is 24.4. The summed E-state index contributed by atoms with van der Waals surface area (Å²) in [5, 5.41) is 8.68. The number of benzene rings is 3. The Hall–Kier alpha value is -3.31. The lowest BCUT2D eigenvalue weighted by atomic mass is 9.97. The predicted octanol–water partition coefficient (Wildman–Crippen LogP) is 6.82. The smallest absolute Gasteiger partial charge is 0.151 e. The quantitative estimate of drug-likeness (QED) is 0.318. The lowest BCUT2D eigenvalue weighted by molar-refractivity contribution is 0.162. The minimum absolute atomic E-state index is 0.408. The highest BCUT2D eigenvalue weighted by atomic mass is 16.5. The third-order valence-corrected chi connectivity index (χ3v) is 7.61. The van der Waals surface area contributed by atoms with Gasteiger partial charge in [-0.25, -0.2) is 0 Å². The lowest BCUT2D eigenvalue weighted by Crippen LogP contribution is -2.44. The molecule has 2 aliphatic heterocycles. The predicted molar refractivity (Wildman–Crippen MR) is 144 cm³/mol. The van der Waals surface area contributed by atoms with Crippen molar-refractivity contribution in [1.82, 2.24) is 9.80 Å². The Labute approximate surface area is 209 Å². The molecule has 1 N–H and O–H groups in total. The molecular weight excluding hydrogens is 432 g/mol.